The summed E-state index contributed by atoms with van der Waals surface area (Å²) in [6.07, 6.45) is 0. The van der Waals surface area contributed by atoms with E-state index in [0.29, 0.717) is 10.8 Å². The second-order valence-corrected chi connectivity index (χ2v) is 3.67. The molecule has 0 aliphatic carbocycles. The van der Waals surface area contributed by atoms with Gasteiger partial charge in [-0.25, -0.2) is 9.59 Å². The predicted molar refractivity (Wildman–Crippen MR) is 58.8 cm³/mol. The summed E-state index contributed by atoms with van der Waals surface area (Å²) in [5.41, 5.74) is -0.293. The fourth-order valence-corrected chi connectivity index (χ4v) is 2.10. The summed E-state index contributed by atoms with van der Waals surface area (Å²) in [5, 5.41) is 19.3. The van der Waals surface area contributed by atoms with Gasteiger partial charge in [-0.05, 0) is 0 Å². The van der Waals surface area contributed by atoms with Crippen LogP contribution in [0.15, 0.2) is 28.7 Å². The van der Waals surface area contributed by atoms with Crippen LogP contribution in [0.4, 0.5) is 0 Å². The molecule has 0 aliphatic rings. The highest BCUT2D eigenvalue weighted by Crippen LogP contribution is 2.38. The number of carboxylic acid groups (broad SMARTS) is 2. The lowest BCUT2D eigenvalue weighted by Gasteiger charge is -1.98. The van der Waals surface area contributed by atoms with Gasteiger partial charge in [0.05, 0.1) is 0 Å². The summed E-state index contributed by atoms with van der Waals surface area (Å²) in [4.78, 5) is 22.2. The first kappa shape index (κ1) is 9.65. The third kappa shape index (κ3) is 1.08. The van der Waals surface area contributed by atoms with Crippen LogP contribution in [0.2, 0.25) is 0 Å². The lowest BCUT2D eigenvalue weighted by atomic mass is 10.0. The van der Waals surface area contributed by atoms with E-state index in [9.17, 15) is 9.59 Å². The molecule has 2 N–H and O–H groups in total. The van der Waals surface area contributed by atoms with Gasteiger partial charge in [-0.15, -0.1) is 0 Å². The number of carboxylic acids is 2. The number of benzene rings is 2. The maximum Gasteiger partial charge on any atom is 0.340 e. The zero-order valence-electron chi connectivity index (χ0n) is 8.43. The summed E-state index contributed by atoms with van der Waals surface area (Å²) >= 11 is 0. The van der Waals surface area contributed by atoms with Crippen molar-refractivity contribution in [3.8, 4) is 0 Å². The Kier molecular flexibility index (Phi) is 1.69. The monoisotopic (exact) mass is 230 g/mol. The standard InChI is InChI=1S/C12H6O5/c13-11(14)7-8(12(15)16)10-6-4-2-1-3-5(6)9(7)17-10/h1-4H,(H,13,14)(H,15,16). The largest absolute Gasteiger partial charge is 0.478 e. The molecule has 0 atom stereocenters. The summed E-state index contributed by atoms with van der Waals surface area (Å²) in [6, 6.07) is 6.91. The molecular weight excluding hydrogens is 224 g/mol. The quantitative estimate of drug-likeness (QED) is 0.705. The highest BCUT2D eigenvalue weighted by molar-refractivity contribution is 6.23. The Morgan fingerprint density at radius 3 is 1.65 bits per heavy atom. The molecule has 84 valence electrons. The van der Waals surface area contributed by atoms with Crippen molar-refractivity contribution in [2.45, 2.75) is 0 Å². The molecule has 0 aliphatic heterocycles. The maximum absolute atomic E-state index is 11.1. The molecule has 0 fully saturated rings. The van der Waals surface area contributed by atoms with E-state index in [1.54, 1.807) is 24.3 Å². The van der Waals surface area contributed by atoms with Gasteiger partial charge in [-0.2, -0.15) is 0 Å². The van der Waals surface area contributed by atoms with Crippen LogP contribution in [-0.2, 0) is 0 Å². The molecule has 2 aromatic heterocycles. The van der Waals surface area contributed by atoms with Crippen LogP contribution < -0.4 is 0 Å². The smallest absolute Gasteiger partial charge is 0.340 e. The first-order chi connectivity index (χ1) is 8.11. The summed E-state index contributed by atoms with van der Waals surface area (Å²) < 4.78 is 5.29. The van der Waals surface area contributed by atoms with E-state index in [-0.39, 0.29) is 22.3 Å². The molecule has 0 saturated carbocycles. The van der Waals surface area contributed by atoms with Crippen LogP contribution in [-0.4, -0.2) is 22.2 Å². The van der Waals surface area contributed by atoms with Crippen molar-refractivity contribution in [1.82, 2.24) is 0 Å². The van der Waals surface area contributed by atoms with Gasteiger partial charge in [-0.1, -0.05) is 24.3 Å². The zero-order valence-corrected chi connectivity index (χ0v) is 8.43. The van der Waals surface area contributed by atoms with Crippen LogP contribution in [0.3, 0.4) is 0 Å². The molecule has 0 saturated heterocycles. The minimum Gasteiger partial charge on any atom is -0.478 e. The van der Waals surface area contributed by atoms with Gasteiger partial charge >= 0.3 is 11.9 Å². The third-order valence-corrected chi connectivity index (χ3v) is 2.75. The van der Waals surface area contributed by atoms with Crippen molar-refractivity contribution in [3.63, 3.8) is 0 Å². The van der Waals surface area contributed by atoms with E-state index in [0.717, 1.165) is 0 Å². The van der Waals surface area contributed by atoms with Gasteiger partial charge in [0.15, 0.2) is 11.2 Å². The fourth-order valence-electron chi connectivity index (χ4n) is 2.10. The predicted octanol–water partition coefficient (Wildman–Crippen LogP) is 2.42. The average Bonchev–Trinajstić information content (AvgIpc) is 2.84. The van der Waals surface area contributed by atoms with Crippen molar-refractivity contribution in [1.29, 1.82) is 0 Å². The average molecular weight is 230 g/mol. The van der Waals surface area contributed by atoms with Crippen LogP contribution in [0.1, 0.15) is 20.7 Å². The van der Waals surface area contributed by atoms with Gasteiger partial charge in [0.1, 0.15) is 11.1 Å². The number of carbonyl (C=O) groups is 2. The van der Waals surface area contributed by atoms with Crippen LogP contribution >= 0.6 is 0 Å². The fraction of sp³-hybridized carbons (Fsp3) is 0. The SMILES string of the molecule is O=C(O)c1c(C(=O)O)c2oc1c1ccccc21. The van der Waals surface area contributed by atoms with Crippen LogP contribution in [0.25, 0.3) is 21.9 Å². The second-order valence-electron chi connectivity index (χ2n) is 3.67. The van der Waals surface area contributed by atoms with Crippen molar-refractivity contribution < 1.29 is 24.2 Å². The molecule has 5 nitrogen and oxygen atoms in total. The summed E-state index contributed by atoms with van der Waals surface area (Å²) in [6.45, 7) is 0. The Balaban J connectivity index is 2.56. The molecule has 2 bridgehead atoms. The molecule has 2 heterocycles. The normalized spacial score (nSPS) is 11.3. The van der Waals surface area contributed by atoms with Crippen molar-refractivity contribution in [2.75, 3.05) is 0 Å². The minimum atomic E-state index is -1.29. The van der Waals surface area contributed by atoms with Gasteiger partial charge < -0.3 is 14.6 Å². The molecule has 1 aromatic carbocycles. The number of aromatic carboxylic acids is 2. The lowest BCUT2D eigenvalue weighted by Crippen LogP contribution is -2.06. The molecule has 0 radical (unpaired) electrons. The van der Waals surface area contributed by atoms with E-state index in [1.165, 1.54) is 0 Å². The Morgan fingerprint density at radius 1 is 0.882 bits per heavy atom. The Labute approximate surface area is 94.2 Å². The second kappa shape index (κ2) is 2.98. The molecule has 0 amide bonds. The molecule has 3 aromatic rings. The molecule has 17 heavy (non-hydrogen) atoms. The Bertz CT molecular complexity index is 690. The van der Waals surface area contributed by atoms with E-state index in [2.05, 4.69) is 0 Å². The minimum absolute atomic E-state index is 0.125. The Hall–Kier alpha value is -2.56. The third-order valence-electron chi connectivity index (χ3n) is 2.75. The summed E-state index contributed by atoms with van der Waals surface area (Å²) in [5.74, 6) is -2.58. The molecule has 3 rings (SSSR count). The first-order valence-electron chi connectivity index (χ1n) is 4.84. The van der Waals surface area contributed by atoms with Crippen molar-refractivity contribution in [2.24, 2.45) is 0 Å². The van der Waals surface area contributed by atoms with E-state index >= 15 is 0 Å². The highest BCUT2D eigenvalue weighted by atomic mass is 16.4. The lowest BCUT2D eigenvalue weighted by molar-refractivity contribution is 0.0655. The van der Waals surface area contributed by atoms with Crippen LogP contribution in [0, 0.1) is 0 Å². The number of hydrogen-bond donors (Lipinski definition) is 2. The number of fused-ring (bicyclic) bond motifs is 5. The van der Waals surface area contributed by atoms with E-state index in [1.807, 2.05) is 0 Å². The maximum atomic E-state index is 11.1. The van der Waals surface area contributed by atoms with Crippen molar-refractivity contribution in [3.05, 3.63) is 35.4 Å². The topological polar surface area (TPSA) is 87.7 Å². The zero-order chi connectivity index (χ0) is 12.2. The summed E-state index contributed by atoms with van der Waals surface area (Å²) in [7, 11) is 0. The molecule has 0 spiro atoms. The first-order valence-corrected chi connectivity index (χ1v) is 4.84. The molecule has 0 unspecified atom stereocenters. The molecular formula is C12H6O5. The molecule has 5 heteroatoms. The number of rotatable bonds is 2. The van der Waals surface area contributed by atoms with E-state index < -0.39 is 11.9 Å². The Morgan fingerprint density at radius 2 is 1.29 bits per heavy atom. The van der Waals surface area contributed by atoms with Gasteiger partial charge in [-0.3, -0.25) is 0 Å². The van der Waals surface area contributed by atoms with Gasteiger partial charge in [0, 0.05) is 10.8 Å². The van der Waals surface area contributed by atoms with Crippen LogP contribution in [0.5, 0.6) is 0 Å². The van der Waals surface area contributed by atoms with Crippen molar-refractivity contribution >= 4 is 33.9 Å². The van der Waals surface area contributed by atoms with E-state index in [4.69, 9.17) is 14.6 Å². The van der Waals surface area contributed by atoms with Gasteiger partial charge in [0.25, 0.3) is 0 Å². The number of hydrogen-bond acceptors (Lipinski definition) is 3. The highest BCUT2D eigenvalue weighted by Gasteiger charge is 2.30. The number of furan rings is 2. The van der Waals surface area contributed by atoms with Gasteiger partial charge in [0.2, 0.25) is 0 Å².